The molecular weight excluding hydrogens is 238 g/mol. The van der Waals surface area contributed by atoms with E-state index in [1.165, 1.54) is 0 Å². The number of carbonyl (C=O) groups is 1. The molecule has 0 saturated carbocycles. The van der Waals surface area contributed by atoms with Gasteiger partial charge in [-0.15, -0.1) is 5.10 Å². The Kier molecular flexibility index (Phi) is 4.01. The molecule has 94 valence electrons. The molecule has 7 heteroatoms. The molecule has 1 aromatic rings. The summed E-state index contributed by atoms with van der Waals surface area (Å²) in [7, 11) is 0. The van der Waals surface area contributed by atoms with Gasteiger partial charge in [0.1, 0.15) is 0 Å². The van der Waals surface area contributed by atoms with Gasteiger partial charge in [-0.05, 0) is 6.92 Å². The lowest BCUT2D eigenvalue weighted by Crippen LogP contribution is -2.44. The van der Waals surface area contributed by atoms with Crippen molar-refractivity contribution in [2.75, 3.05) is 24.6 Å². The van der Waals surface area contributed by atoms with Crippen molar-refractivity contribution in [1.82, 2.24) is 19.9 Å². The fourth-order valence-electron chi connectivity index (χ4n) is 1.81. The highest BCUT2D eigenvalue weighted by Gasteiger charge is 2.26. The van der Waals surface area contributed by atoms with E-state index in [0.29, 0.717) is 18.8 Å². The second kappa shape index (κ2) is 5.50. The molecular formula is C10H17N5OS. The lowest BCUT2D eigenvalue weighted by Gasteiger charge is -2.32. The fraction of sp³-hybridized carbons (Fsp3) is 0.700. The summed E-state index contributed by atoms with van der Waals surface area (Å²) in [5, 5.41) is 7.78. The van der Waals surface area contributed by atoms with Gasteiger partial charge in [0.2, 0.25) is 0 Å². The van der Waals surface area contributed by atoms with Crippen LogP contribution in [0.3, 0.4) is 0 Å². The first-order valence-electron chi connectivity index (χ1n) is 5.71. The largest absolute Gasteiger partial charge is 0.333 e. The van der Waals surface area contributed by atoms with Gasteiger partial charge in [-0.25, -0.2) is 0 Å². The predicted molar refractivity (Wildman–Crippen MR) is 66.9 cm³/mol. The average molecular weight is 255 g/mol. The van der Waals surface area contributed by atoms with Crippen molar-refractivity contribution in [1.29, 1.82) is 0 Å². The molecule has 2 heterocycles. The Hall–Kier alpha value is -1.08. The van der Waals surface area contributed by atoms with Gasteiger partial charge in [0, 0.05) is 30.6 Å². The Labute approximate surface area is 105 Å². The molecule has 17 heavy (non-hydrogen) atoms. The van der Waals surface area contributed by atoms with Gasteiger partial charge < -0.3 is 10.6 Å². The number of hydrogen-bond acceptors (Lipinski definition) is 5. The van der Waals surface area contributed by atoms with Crippen LogP contribution in [0.15, 0.2) is 6.20 Å². The summed E-state index contributed by atoms with van der Waals surface area (Å²) in [6.07, 6.45) is 1.67. The first-order chi connectivity index (χ1) is 8.22. The standard InChI is InChI=1S/C10H17N5OS/c1-8-7-17-5-4-15(8)10(16)9-6-14(3-2-11)13-12-9/h6,8H,2-5,7,11H2,1H3. The van der Waals surface area contributed by atoms with Crippen LogP contribution in [0.2, 0.25) is 0 Å². The van der Waals surface area contributed by atoms with Gasteiger partial charge in [-0.2, -0.15) is 11.8 Å². The van der Waals surface area contributed by atoms with Gasteiger partial charge in [0.05, 0.1) is 12.7 Å². The molecule has 6 nitrogen and oxygen atoms in total. The summed E-state index contributed by atoms with van der Waals surface area (Å²) in [6.45, 7) is 3.93. The van der Waals surface area contributed by atoms with Crippen LogP contribution in [-0.4, -0.2) is 56.4 Å². The topological polar surface area (TPSA) is 77.0 Å². The molecule has 2 rings (SSSR count). The third-order valence-electron chi connectivity index (χ3n) is 2.74. The number of carbonyl (C=O) groups excluding carboxylic acids is 1. The summed E-state index contributed by atoms with van der Waals surface area (Å²) in [4.78, 5) is 14.1. The monoisotopic (exact) mass is 255 g/mol. The molecule has 1 amide bonds. The second-order valence-electron chi connectivity index (χ2n) is 4.08. The lowest BCUT2D eigenvalue weighted by molar-refractivity contribution is 0.0710. The van der Waals surface area contributed by atoms with Crippen molar-refractivity contribution in [3.63, 3.8) is 0 Å². The van der Waals surface area contributed by atoms with Crippen LogP contribution in [-0.2, 0) is 6.54 Å². The van der Waals surface area contributed by atoms with Crippen LogP contribution >= 0.6 is 11.8 Å². The number of rotatable bonds is 3. The van der Waals surface area contributed by atoms with E-state index in [-0.39, 0.29) is 11.9 Å². The van der Waals surface area contributed by atoms with E-state index in [4.69, 9.17) is 5.73 Å². The third-order valence-corrected chi connectivity index (χ3v) is 3.93. The van der Waals surface area contributed by atoms with Gasteiger partial charge >= 0.3 is 0 Å². The fourth-order valence-corrected chi connectivity index (χ4v) is 2.83. The van der Waals surface area contributed by atoms with Crippen molar-refractivity contribution >= 4 is 17.7 Å². The molecule has 1 aliphatic heterocycles. The van der Waals surface area contributed by atoms with Gasteiger partial charge in [0.15, 0.2) is 5.69 Å². The predicted octanol–water partition coefficient (Wildman–Crippen LogP) is -0.186. The molecule has 1 saturated heterocycles. The van der Waals surface area contributed by atoms with Crippen LogP contribution < -0.4 is 5.73 Å². The Morgan fingerprint density at radius 2 is 2.53 bits per heavy atom. The van der Waals surface area contributed by atoms with Gasteiger partial charge in [-0.3, -0.25) is 9.48 Å². The zero-order valence-electron chi connectivity index (χ0n) is 9.87. The zero-order valence-corrected chi connectivity index (χ0v) is 10.7. The number of nitrogens with two attached hydrogens (primary N) is 1. The van der Waals surface area contributed by atoms with Crippen molar-refractivity contribution in [3.05, 3.63) is 11.9 Å². The molecule has 1 unspecified atom stereocenters. The SMILES string of the molecule is CC1CSCCN1C(=O)c1cn(CCN)nn1. The molecule has 0 bridgehead atoms. The van der Waals surface area contributed by atoms with Gasteiger partial charge in [-0.1, -0.05) is 5.21 Å². The molecule has 1 atom stereocenters. The van der Waals surface area contributed by atoms with Crippen molar-refractivity contribution in [3.8, 4) is 0 Å². The Balaban J connectivity index is 2.07. The van der Waals surface area contributed by atoms with Crippen LogP contribution in [0.4, 0.5) is 0 Å². The minimum atomic E-state index is -0.0268. The van der Waals surface area contributed by atoms with E-state index in [1.54, 1.807) is 10.9 Å². The van der Waals surface area contributed by atoms with Crippen molar-refractivity contribution in [2.45, 2.75) is 19.5 Å². The highest BCUT2D eigenvalue weighted by Crippen LogP contribution is 2.17. The molecule has 2 N–H and O–H groups in total. The summed E-state index contributed by atoms with van der Waals surface area (Å²) in [6, 6.07) is 0.265. The average Bonchev–Trinajstić information content (AvgIpc) is 2.78. The van der Waals surface area contributed by atoms with Crippen molar-refractivity contribution in [2.24, 2.45) is 5.73 Å². The van der Waals surface area contributed by atoms with Crippen LogP contribution in [0.5, 0.6) is 0 Å². The normalized spacial score (nSPS) is 20.6. The quantitative estimate of drug-likeness (QED) is 0.810. The Morgan fingerprint density at radius 1 is 1.71 bits per heavy atom. The van der Waals surface area contributed by atoms with E-state index in [2.05, 4.69) is 17.2 Å². The van der Waals surface area contributed by atoms with E-state index in [0.717, 1.165) is 18.1 Å². The van der Waals surface area contributed by atoms with Crippen LogP contribution in [0.1, 0.15) is 17.4 Å². The van der Waals surface area contributed by atoms with Crippen LogP contribution in [0.25, 0.3) is 0 Å². The third kappa shape index (κ3) is 2.78. The van der Waals surface area contributed by atoms with E-state index >= 15 is 0 Å². The number of hydrogen-bond donors (Lipinski definition) is 1. The lowest BCUT2D eigenvalue weighted by atomic mass is 10.2. The molecule has 1 aliphatic rings. The summed E-state index contributed by atoms with van der Waals surface area (Å²) < 4.78 is 1.61. The second-order valence-corrected chi connectivity index (χ2v) is 5.23. The maximum absolute atomic E-state index is 12.2. The minimum absolute atomic E-state index is 0.0268. The summed E-state index contributed by atoms with van der Waals surface area (Å²) in [5.74, 6) is 1.96. The number of nitrogens with zero attached hydrogens (tertiary/aromatic N) is 4. The van der Waals surface area contributed by atoms with E-state index in [9.17, 15) is 4.79 Å². The molecule has 0 aromatic carbocycles. The summed E-state index contributed by atoms with van der Waals surface area (Å²) in [5.41, 5.74) is 5.84. The molecule has 0 aliphatic carbocycles. The maximum atomic E-state index is 12.2. The number of thioether (sulfide) groups is 1. The Morgan fingerprint density at radius 3 is 3.24 bits per heavy atom. The first-order valence-corrected chi connectivity index (χ1v) is 6.86. The van der Waals surface area contributed by atoms with E-state index < -0.39 is 0 Å². The zero-order chi connectivity index (χ0) is 12.3. The smallest absolute Gasteiger partial charge is 0.276 e. The molecule has 1 aromatic heterocycles. The highest BCUT2D eigenvalue weighted by atomic mass is 32.2. The number of aromatic nitrogens is 3. The molecule has 0 spiro atoms. The van der Waals surface area contributed by atoms with Crippen LogP contribution in [0, 0.1) is 0 Å². The first kappa shape index (κ1) is 12.4. The van der Waals surface area contributed by atoms with E-state index in [1.807, 2.05) is 16.7 Å². The minimum Gasteiger partial charge on any atom is -0.333 e. The number of amides is 1. The maximum Gasteiger partial charge on any atom is 0.276 e. The van der Waals surface area contributed by atoms with Crippen molar-refractivity contribution < 1.29 is 4.79 Å². The summed E-state index contributed by atoms with van der Waals surface area (Å²) >= 11 is 1.88. The highest BCUT2D eigenvalue weighted by molar-refractivity contribution is 7.99. The molecule has 0 radical (unpaired) electrons. The van der Waals surface area contributed by atoms with Gasteiger partial charge in [0.25, 0.3) is 5.91 Å². The Bertz CT molecular complexity index is 394. The molecule has 1 fully saturated rings.